The van der Waals surface area contributed by atoms with Gasteiger partial charge in [-0.05, 0) is 12.1 Å². The largest absolute Gasteiger partial charge is 0.204 e. The van der Waals surface area contributed by atoms with E-state index in [2.05, 4.69) is 5.11 Å². The fraction of sp³-hybridized carbons (Fsp3) is 0. The number of rotatable bonds is 1. The van der Waals surface area contributed by atoms with Crippen LogP contribution in [0.2, 0.25) is 15.1 Å². The van der Waals surface area contributed by atoms with Gasteiger partial charge in [-0.1, -0.05) is 34.8 Å². The highest BCUT2D eigenvalue weighted by atomic mass is 35.5. The minimum Gasteiger partial charge on any atom is -0.204 e. The standard InChI is InChI=1S/C6H3Cl3N2/c7-3-1-4(8)6(11-10)5(9)2-3/h1-2,10H. The molecule has 0 saturated carbocycles. The van der Waals surface area contributed by atoms with Gasteiger partial charge >= 0.3 is 0 Å². The SMILES string of the molecule is N=Nc1c(Cl)cc(Cl)cc1Cl. The van der Waals surface area contributed by atoms with E-state index in [1.54, 1.807) is 0 Å². The molecule has 1 rings (SSSR count). The Morgan fingerprint density at radius 1 is 1.09 bits per heavy atom. The fourth-order valence-electron chi connectivity index (χ4n) is 0.641. The van der Waals surface area contributed by atoms with E-state index in [-0.39, 0.29) is 15.7 Å². The Balaban J connectivity index is 3.36. The van der Waals surface area contributed by atoms with E-state index in [0.29, 0.717) is 5.02 Å². The van der Waals surface area contributed by atoms with Crippen molar-refractivity contribution in [1.29, 1.82) is 5.53 Å². The zero-order chi connectivity index (χ0) is 8.43. The van der Waals surface area contributed by atoms with E-state index in [1.165, 1.54) is 12.1 Å². The molecule has 0 aliphatic carbocycles. The first-order chi connectivity index (χ1) is 5.15. The molecule has 0 radical (unpaired) electrons. The third-order valence-electron chi connectivity index (χ3n) is 1.09. The van der Waals surface area contributed by atoms with Gasteiger partial charge in [-0.15, -0.1) is 0 Å². The molecule has 0 heterocycles. The zero-order valence-electron chi connectivity index (χ0n) is 5.24. The van der Waals surface area contributed by atoms with Crippen molar-refractivity contribution in [2.75, 3.05) is 0 Å². The van der Waals surface area contributed by atoms with Crippen molar-refractivity contribution in [1.82, 2.24) is 0 Å². The van der Waals surface area contributed by atoms with E-state index in [0.717, 1.165) is 0 Å². The van der Waals surface area contributed by atoms with Crippen molar-refractivity contribution < 1.29 is 0 Å². The topological polar surface area (TPSA) is 36.2 Å². The lowest BCUT2D eigenvalue weighted by molar-refractivity contribution is 1.15. The van der Waals surface area contributed by atoms with Crippen LogP contribution in [0.25, 0.3) is 0 Å². The van der Waals surface area contributed by atoms with Gasteiger partial charge in [0, 0.05) is 5.02 Å². The first-order valence-electron chi connectivity index (χ1n) is 2.67. The van der Waals surface area contributed by atoms with Crippen molar-refractivity contribution in [2.24, 2.45) is 5.11 Å². The van der Waals surface area contributed by atoms with E-state index >= 15 is 0 Å². The van der Waals surface area contributed by atoms with Gasteiger partial charge in [-0.25, -0.2) is 5.53 Å². The van der Waals surface area contributed by atoms with Gasteiger partial charge < -0.3 is 0 Å². The maximum atomic E-state index is 6.71. The van der Waals surface area contributed by atoms with Crippen molar-refractivity contribution in [3.63, 3.8) is 0 Å². The number of benzene rings is 1. The summed E-state index contributed by atoms with van der Waals surface area (Å²) >= 11 is 16.9. The third-order valence-corrected chi connectivity index (χ3v) is 1.89. The molecule has 0 aliphatic rings. The molecule has 0 amide bonds. The van der Waals surface area contributed by atoms with Crippen LogP contribution in [0.15, 0.2) is 17.2 Å². The highest BCUT2D eigenvalue weighted by molar-refractivity contribution is 6.41. The first kappa shape index (κ1) is 8.78. The number of hydrogen-bond donors (Lipinski definition) is 1. The summed E-state index contributed by atoms with van der Waals surface area (Å²) in [5.74, 6) is 0. The molecule has 0 atom stereocenters. The average Bonchev–Trinajstić information content (AvgIpc) is 1.85. The molecule has 1 N–H and O–H groups in total. The summed E-state index contributed by atoms with van der Waals surface area (Å²) in [7, 11) is 0. The summed E-state index contributed by atoms with van der Waals surface area (Å²) in [4.78, 5) is 0. The second-order valence-electron chi connectivity index (χ2n) is 1.83. The van der Waals surface area contributed by atoms with Crippen LogP contribution in [0.4, 0.5) is 5.69 Å². The van der Waals surface area contributed by atoms with E-state index in [4.69, 9.17) is 40.3 Å². The second kappa shape index (κ2) is 3.39. The van der Waals surface area contributed by atoms with Crippen LogP contribution >= 0.6 is 34.8 Å². The van der Waals surface area contributed by atoms with Gasteiger partial charge in [0.15, 0.2) is 0 Å². The van der Waals surface area contributed by atoms with Crippen LogP contribution in [0.3, 0.4) is 0 Å². The molecule has 11 heavy (non-hydrogen) atoms. The number of hydrogen-bond acceptors (Lipinski definition) is 2. The number of halogens is 3. The Kier molecular flexibility index (Phi) is 2.71. The molecule has 0 saturated heterocycles. The normalized spacial score (nSPS) is 9.73. The molecule has 0 unspecified atom stereocenters. The Morgan fingerprint density at radius 3 is 1.91 bits per heavy atom. The molecule has 58 valence electrons. The van der Waals surface area contributed by atoms with Crippen LogP contribution in [-0.4, -0.2) is 0 Å². The molecule has 5 heteroatoms. The molecule has 1 aromatic rings. The van der Waals surface area contributed by atoms with Crippen molar-refractivity contribution in [3.8, 4) is 0 Å². The lowest BCUT2D eigenvalue weighted by atomic mass is 10.3. The zero-order valence-corrected chi connectivity index (χ0v) is 7.50. The predicted octanol–water partition coefficient (Wildman–Crippen LogP) is 4.31. The quantitative estimate of drug-likeness (QED) is 0.669. The number of nitrogens with zero attached hydrogens (tertiary/aromatic N) is 1. The molecule has 1 aromatic carbocycles. The summed E-state index contributed by atoms with van der Waals surface area (Å²) < 4.78 is 0. The van der Waals surface area contributed by atoms with E-state index < -0.39 is 0 Å². The van der Waals surface area contributed by atoms with Crippen LogP contribution in [-0.2, 0) is 0 Å². The van der Waals surface area contributed by atoms with E-state index in [1.807, 2.05) is 0 Å². The monoisotopic (exact) mass is 208 g/mol. The lowest BCUT2D eigenvalue weighted by Gasteiger charge is -1.98. The van der Waals surface area contributed by atoms with Gasteiger partial charge in [0.25, 0.3) is 0 Å². The van der Waals surface area contributed by atoms with Gasteiger partial charge in [0.05, 0.1) is 10.0 Å². The maximum Gasteiger partial charge on any atom is 0.122 e. The van der Waals surface area contributed by atoms with Crippen molar-refractivity contribution in [2.45, 2.75) is 0 Å². The lowest BCUT2D eigenvalue weighted by Crippen LogP contribution is -1.70. The summed E-state index contributed by atoms with van der Waals surface area (Å²) in [5.41, 5.74) is 6.96. The van der Waals surface area contributed by atoms with Gasteiger partial charge in [-0.3, -0.25) is 0 Å². The highest BCUT2D eigenvalue weighted by Gasteiger charge is 2.05. The molecule has 0 bridgehead atoms. The maximum absolute atomic E-state index is 6.71. The summed E-state index contributed by atoms with van der Waals surface area (Å²) in [6.07, 6.45) is 0. The van der Waals surface area contributed by atoms with Crippen LogP contribution < -0.4 is 0 Å². The fourth-order valence-corrected chi connectivity index (χ4v) is 1.54. The average molecular weight is 209 g/mol. The Labute approximate surface area is 78.6 Å². The van der Waals surface area contributed by atoms with Crippen molar-refractivity contribution in [3.05, 3.63) is 27.2 Å². The highest BCUT2D eigenvalue weighted by Crippen LogP contribution is 2.35. The van der Waals surface area contributed by atoms with Crippen LogP contribution in [0.1, 0.15) is 0 Å². The second-order valence-corrected chi connectivity index (χ2v) is 3.08. The number of nitrogens with one attached hydrogen (secondary N) is 1. The molecule has 0 aliphatic heterocycles. The summed E-state index contributed by atoms with van der Waals surface area (Å²) in [6.45, 7) is 0. The molecule has 0 spiro atoms. The Hall–Kier alpha value is -0.310. The summed E-state index contributed by atoms with van der Waals surface area (Å²) in [6, 6.07) is 2.98. The smallest absolute Gasteiger partial charge is 0.122 e. The molecule has 0 fully saturated rings. The molecule has 2 nitrogen and oxygen atoms in total. The van der Waals surface area contributed by atoms with Crippen LogP contribution in [0, 0.1) is 5.53 Å². The minimum atomic E-state index is 0.248. The van der Waals surface area contributed by atoms with Gasteiger partial charge in [0.1, 0.15) is 5.69 Å². The predicted molar refractivity (Wildman–Crippen MR) is 46.3 cm³/mol. The molecular weight excluding hydrogens is 206 g/mol. The van der Waals surface area contributed by atoms with Crippen LogP contribution in [0.5, 0.6) is 0 Å². The Morgan fingerprint density at radius 2 is 1.55 bits per heavy atom. The Bertz CT molecular complexity index is 275. The van der Waals surface area contributed by atoms with Gasteiger partial charge in [-0.2, -0.15) is 5.11 Å². The molecular formula is C6H3Cl3N2. The van der Waals surface area contributed by atoms with Gasteiger partial charge in [0.2, 0.25) is 0 Å². The van der Waals surface area contributed by atoms with Crippen molar-refractivity contribution >= 4 is 40.5 Å². The molecule has 0 aromatic heterocycles. The first-order valence-corrected chi connectivity index (χ1v) is 3.80. The summed E-state index contributed by atoms with van der Waals surface area (Å²) in [5, 5.41) is 4.15. The minimum absolute atomic E-state index is 0.248. The van der Waals surface area contributed by atoms with E-state index in [9.17, 15) is 0 Å². The third kappa shape index (κ3) is 1.83.